The normalized spacial score (nSPS) is 47.2. The summed E-state index contributed by atoms with van der Waals surface area (Å²) in [6.07, 6.45) is 7.61. The van der Waals surface area contributed by atoms with Crippen molar-refractivity contribution in [2.45, 2.75) is 44.7 Å². The van der Waals surface area contributed by atoms with Gasteiger partial charge in [-0.15, -0.1) is 6.58 Å². The number of methoxy groups -OCH3 is 1. The van der Waals surface area contributed by atoms with Crippen LogP contribution < -0.4 is 4.74 Å². The van der Waals surface area contributed by atoms with Crippen molar-refractivity contribution in [3.8, 4) is 5.75 Å². The summed E-state index contributed by atoms with van der Waals surface area (Å²) in [5, 5.41) is 0. The molecule has 0 spiro atoms. The molecular formula is C20H25NO. The van der Waals surface area contributed by atoms with Gasteiger partial charge in [0.1, 0.15) is 5.75 Å². The van der Waals surface area contributed by atoms with Crippen LogP contribution in [-0.2, 0) is 6.42 Å². The number of hydrogen-bond acceptors (Lipinski definition) is 2. The number of ether oxygens (including phenoxy) is 1. The number of benzene rings is 1. The predicted molar refractivity (Wildman–Crippen MR) is 88.0 cm³/mol. The van der Waals surface area contributed by atoms with E-state index in [0.29, 0.717) is 22.9 Å². The van der Waals surface area contributed by atoms with Crippen LogP contribution in [0.4, 0.5) is 0 Å². The highest BCUT2D eigenvalue weighted by molar-refractivity contribution is 5.46. The van der Waals surface area contributed by atoms with E-state index in [9.17, 15) is 0 Å². The fourth-order valence-electron chi connectivity index (χ4n) is 6.80. The molecule has 0 N–H and O–H groups in total. The monoisotopic (exact) mass is 295 g/mol. The number of rotatable bonds is 2. The van der Waals surface area contributed by atoms with Crippen LogP contribution in [0, 0.1) is 16.7 Å². The van der Waals surface area contributed by atoms with E-state index in [4.69, 9.17) is 4.74 Å². The summed E-state index contributed by atoms with van der Waals surface area (Å²) in [6, 6.07) is 8.03. The molecule has 4 bridgehead atoms. The molecule has 2 saturated heterocycles. The molecule has 5 rings (SSSR count). The summed E-state index contributed by atoms with van der Waals surface area (Å²) in [5.41, 5.74) is 3.86. The molecule has 0 amide bonds. The lowest BCUT2D eigenvalue weighted by Crippen LogP contribution is -2.50. The Morgan fingerprint density at radius 2 is 2.23 bits per heavy atom. The average molecular weight is 295 g/mol. The molecule has 116 valence electrons. The van der Waals surface area contributed by atoms with Crippen LogP contribution in [0.3, 0.4) is 0 Å². The van der Waals surface area contributed by atoms with Gasteiger partial charge in [0.05, 0.1) is 7.11 Å². The van der Waals surface area contributed by atoms with Crippen LogP contribution in [0.1, 0.15) is 43.4 Å². The topological polar surface area (TPSA) is 12.5 Å². The third-order valence-electron chi connectivity index (χ3n) is 7.34. The Morgan fingerprint density at radius 3 is 3.00 bits per heavy atom. The summed E-state index contributed by atoms with van der Waals surface area (Å²) in [7, 11) is 1.77. The summed E-state index contributed by atoms with van der Waals surface area (Å²) < 4.78 is 5.46. The first-order valence-electron chi connectivity index (χ1n) is 8.69. The highest BCUT2D eigenvalue weighted by Crippen LogP contribution is 2.72. The van der Waals surface area contributed by atoms with Gasteiger partial charge in [-0.25, -0.2) is 0 Å². The molecule has 0 radical (unpaired) electrons. The van der Waals surface area contributed by atoms with Crippen molar-refractivity contribution in [1.29, 1.82) is 0 Å². The summed E-state index contributed by atoms with van der Waals surface area (Å²) in [4.78, 5) is 2.83. The quantitative estimate of drug-likeness (QED) is 0.766. The lowest BCUT2D eigenvalue weighted by atomic mass is 9.52. The zero-order chi connectivity index (χ0) is 15.1. The first kappa shape index (κ1) is 13.2. The van der Waals surface area contributed by atoms with Gasteiger partial charge >= 0.3 is 0 Å². The van der Waals surface area contributed by atoms with Crippen molar-refractivity contribution >= 4 is 0 Å². The van der Waals surface area contributed by atoms with E-state index in [-0.39, 0.29) is 0 Å². The third-order valence-corrected chi connectivity index (χ3v) is 7.34. The Hall–Kier alpha value is -1.28. The Bertz CT molecular complexity index is 668. The van der Waals surface area contributed by atoms with Gasteiger partial charge in [-0.2, -0.15) is 0 Å². The fourth-order valence-corrected chi connectivity index (χ4v) is 6.80. The first-order chi connectivity index (χ1) is 10.6. The number of hydrogen-bond donors (Lipinski definition) is 0. The second-order valence-electron chi connectivity index (χ2n) is 8.21. The van der Waals surface area contributed by atoms with Crippen molar-refractivity contribution in [1.82, 2.24) is 4.90 Å². The van der Waals surface area contributed by atoms with Gasteiger partial charge in [-0.1, -0.05) is 25.5 Å². The molecule has 22 heavy (non-hydrogen) atoms. The first-order valence-corrected chi connectivity index (χ1v) is 8.69. The van der Waals surface area contributed by atoms with E-state index in [1.54, 1.807) is 12.7 Å². The molecule has 3 fully saturated rings. The van der Waals surface area contributed by atoms with E-state index in [2.05, 4.69) is 42.7 Å². The number of nitrogens with zero attached hydrogens (tertiary/aromatic N) is 1. The maximum absolute atomic E-state index is 5.46. The van der Waals surface area contributed by atoms with Gasteiger partial charge in [-0.05, 0) is 53.9 Å². The summed E-state index contributed by atoms with van der Waals surface area (Å²) in [5.74, 6) is 1.79. The molecule has 0 aromatic heterocycles. The van der Waals surface area contributed by atoms with E-state index in [1.807, 2.05) is 0 Å². The van der Waals surface area contributed by atoms with Crippen LogP contribution in [0.2, 0.25) is 0 Å². The second kappa shape index (κ2) is 3.97. The van der Waals surface area contributed by atoms with Crippen molar-refractivity contribution in [2.75, 3.05) is 13.7 Å². The molecule has 1 aromatic rings. The molecule has 2 heteroatoms. The van der Waals surface area contributed by atoms with Gasteiger partial charge in [0.2, 0.25) is 0 Å². The van der Waals surface area contributed by atoms with Gasteiger partial charge in [0, 0.05) is 24.0 Å². The molecule has 1 aromatic carbocycles. The molecule has 4 aliphatic rings. The van der Waals surface area contributed by atoms with Gasteiger partial charge in [-0.3, -0.25) is 4.90 Å². The Labute approximate surface area is 133 Å². The van der Waals surface area contributed by atoms with Crippen molar-refractivity contribution in [3.05, 3.63) is 42.0 Å². The maximum Gasteiger partial charge on any atom is 0.119 e. The minimum absolute atomic E-state index is 0.301. The van der Waals surface area contributed by atoms with Crippen molar-refractivity contribution in [2.24, 2.45) is 16.7 Å². The van der Waals surface area contributed by atoms with E-state index in [1.165, 1.54) is 37.8 Å². The molecule has 1 saturated carbocycles. The van der Waals surface area contributed by atoms with Crippen LogP contribution in [0.15, 0.2) is 30.9 Å². The predicted octanol–water partition coefficient (Wildman–Crippen LogP) is 3.97. The third kappa shape index (κ3) is 1.28. The fraction of sp³-hybridized carbons (Fsp3) is 0.600. The summed E-state index contributed by atoms with van der Waals surface area (Å²) >= 11 is 0. The minimum Gasteiger partial charge on any atom is -0.497 e. The van der Waals surface area contributed by atoms with E-state index in [0.717, 1.165) is 11.7 Å². The van der Waals surface area contributed by atoms with Crippen LogP contribution in [-0.4, -0.2) is 24.6 Å². The molecule has 6 atom stereocenters. The zero-order valence-electron chi connectivity index (χ0n) is 13.6. The SMILES string of the molecule is C=C[C@@]12CCC[C@@]3(C)CN4[C@@H](Cc5cc(OC)ccc5[C@@H]41)[C@H]32. The second-order valence-corrected chi connectivity index (χ2v) is 8.21. The van der Waals surface area contributed by atoms with E-state index < -0.39 is 0 Å². The molecular weight excluding hydrogens is 270 g/mol. The lowest BCUT2D eigenvalue weighted by molar-refractivity contribution is -0.0141. The van der Waals surface area contributed by atoms with Crippen LogP contribution in [0.5, 0.6) is 5.75 Å². The van der Waals surface area contributed by atoms with Gasteiger partial charge in [0.15, 0.2) is 0 Å². The standard InChI is InChI=1S/C20H25NO/c1-4-20-9-5-8-19(2)12-21-16(17(19)20)11-13-10-14(22-3)6-7-15(13)18(20)21/h4,6-7,10,16-18H,1,5,8-9,11-12H2,2-3H3/t16-,17+,18+,19-,20-/m0/s1. The molecule has 1 aliphatic carbocycles. The lowest BCUT2D eigenvalue weighted by Gasteiger charge is -2.54. The summed E-state index contributed by atoms with van der Waals surface area (Å²) in [6.45, 7) is 8.14. The van der Waals surface area contributed by atoms with Crippen LogP contribution in [0.25, 0.3) is 0 Å². The van der Waals surface area contributed by atoms with Crippen LogP contribution >= 0.6 is 0 Å². The van der Waals surface area contributed by atoms with Crippen molar-refractivity contribution < 1.29 is 4.74 Å². The van der Waals surface area contributed by atoms with Gasteiger partial charge in [0.25, 0.3) is 0 Å². The van der Waals surface area contributed by atoms with E-state index >= 15 is 0 Å². The average Bonchev–Trinajstić information content (AvgIpc) is 2.91. The number of fused-ring (bicyclic) bond motifs is 3. The Kier molecular flexibility index (Phi) is 2.38. The largest absolute Gasteiger partial charge is 0.497 e. The smallest absolute Gasteiger partial charge is 0.119 e. The molecule has 2 nitrogen and oxygen atoms in total. The Morgan fingerprint density at radius 1 is 1.36 bits per heavy atom. The Balaban J connectivity index is 1.72. The van der Waals surface area contributed by atoms with Crippen molar-refractivity contribution in [3.63, 3.8) is 0 Å². The zero-order valence-corrected chi connectivity index (χ0v) is 13.6. The van der Waals surface area contributed by atoms with Gasteiger partial charge < -0.3 is 4.74 Å². The highest BCUT2D eigenvalue weighted by Gasteiger charge is 2.71. The molecule has 1 unspecified atom stereocenters. The minimum atomic E-state index is 0.301. The molecule has 3 aliphatic heterocycles. The number of piperidine rings is 1. The maximum atomic E-state index is 5.46. The highest BCUT2D eigenvalue weighted by atomic mass is 16.5. The molecule has 3 heterocycles.